The first-order valence-corrected chi connectivity index (χ1v) is 9.17. The summed E-state index contributed by atoms with van der Waals surface area (Å²) in [4.78, 5) is 31.2. The first-order valence-electron chi connectivity index (χ1n) is 8.18. The summed E-state index contributed by atoms with van der Waals surface area (Å²) in [5.41, 5.74) is 1.41. The molecule has 1 atom stereocenters. The Kier molecular flexibility index (Phi) is 5.73. The Hall–Kier alpha value is -2.19. The number of hydrogen-bond donors (Lipinski definition) is 0. The Morgan fingerprint density at radius 1 is 1.35 bits per heavy atom. The number of carbonyl (C=O) groups excluding carboxylic acids is 2. The number of fused-ring (bicyclic) bond motifs is 1. The van der Waals surface area contributed by atoms with Crippen LogP contribution in [0.3, 0.4) is 0 Å². The molecule has 1 saturated heterocycles. The van der Waals surface area contributed by atoms with Crippen LogP contribution in [0.2, 0.25) is 0 Å². The van der Waals surface area contributed by atoms with E-state index in [0.717, 1.165) is 0 Å². The van der Waals surface area contributed by atoms with Crippen LogP contribution in [0, 0.1) is 5.82 Å². The van der Waals surface area contributed by atoms with Crippen molar-refractivity contribution >= 4 is 28.8 Å². The molecule has 0 saturated carbocycles. The van der Waals surface area contributed by atoms with Gasteiger partial charge in [-0.1, -0.05) is 23.9 Å². The maximum atomic E-state index is 13.4. The van der Waals surface area contributed by atoms with Gasteiger partial charge in [0.1, 0.15) is 12.4 Å². The Balaban J connectivity index is 2.03. The molecular formula is C18H19FN2O4S. The van der Waals surface area contributed by atoms with Crippen LogP contribution >= 0.6 is 11.8 Å². The second-order valence-electron chi connectivity index (χ2n) is 5.84. The lowest BCUT2D eigenvalue weighted by atomic mass is 9.94. The summed E-state index contributed by atoms with van der Waals surface area (Å²) in [6.45, 7) is 2.08. The van der Waals surface area contributed by atoms with E-state index in [9.17, 15) is 14.0 Å². The number of benzene rings is 1. The highest BCUT2D eigenvalue weighted by atomic mass is 32.2. The number of hydrogen-bond acceptors (Lipinski definition) is 6. The molecule has 0 radical (unpaired) electrons. The van der Waals surface area contributed by atoms with Crippen LogP contribution < -0.4 is 0 Å². The maximum absolute atomic E-state index is 13.4. The monoisotopic (exact) mass is 378 g/mol. The lowest BCUT2D eigenvalue weighted by Gasteiger charge is -2.38. The summed E-state index contributed by atoms with van der Waals surface area (Å²) in [6, 6.07) is 5.09. The quantitative estimate of drug-likeness (QED) is 0.582. The normalized spacial score (nSPS) is 20.0. The third kappa shape index (κ3) is 3.66. The Labute approximate surface area is 155 Å². The van der Waals surface area contributed by atoms with E-state index in [1.807, 2.05) is 0 Å². The van der Waals surface area contributed by atoms with E-state index in [1.54, 1.807) is 19.1 Å². The zero-order chi connectivity index (χ0) is 18.7. The van der Waals surface area contributed by atoms with Gasteiger partial charge in [0.15, 0.2) is 5.17 Å². The van der Waals surface area contributed by atoms with E-state index in [4.69, 9.17) is 9.47 Å². The second-order valence-corrected chi connectivity index (χ2v) is 6.90. The third-order valence-corrected chi connectivity index (χ3v) is 5.09. The molecule has 3 rings (SSSR count). The van der Waals surface area contributed by atoms with Crippen LogP contribution in [0.4, 0.5) is 4.39 Å². The van der Waals surface area contributed by atoms with Gasteiger partial charge in [-0.15, -0.1) is 0 Å². The molecule has 0 aliphatic carbocycles. The predicted octanol–water partition coefficient (Wildman–Crippen LogP) is 2.67. The SMILES string of the molecule is COCCOC(=O)C1=C(C)N=C2SCCC(=O)N2C1c1ccc(F)cc1. The summed E-state index contributed by atoms with van der Waals surface area (Å²) in [7, 11) is 1.51. The fourth-order valence-corrected chi connectivity index (χ4v) is 3.92. The fourth-order valence-electron chi connectivity index (χ4n) is 2.91. The zero-order valence-corrected chi connectivity index (χ0v) is 15.3. The molecule has 1 unspecified atom stereocenters. The molecule has 26 heavy (non-hydrogen) atoms. The number of allylic oxidation sites excluding steroid dienone is 1. The molecule has 0 aromatic heterocycles. The molecule has 2 heterocycles. The summed E-state index contributed by atoms with van der Waals surface area (Å²) in [6.07, 6.45) is 0.354. The van der Waals surface area contributed by atoms with E-state index < -0.39 is 12.0 Å². The van der Waals surface area contributed by atoms with Gasteiger partial charge < -0.3 is 9.47 Å². The summed E-state index contributed by atoms with van der Waals surface area (Å²) in [5.74, 6) is -0.417. The Morgan fingerprint density at radius 2 is 2.08 bits per heavy atom. The van der Waals surface area contributed by atoms with Gasteiger partial charge >= 0.3 is 5.97 Å². The number of halogens is 1. The van der Waals surface area contributed by atoms with Crippen LogP contribution in [-0.4, -0.2) is 48.0 Å². The Bertz CT molecular complexity index is 776. The van der Waals surface area contributed by atoms with Gasteiger partial charge in [0.25, 0.3) is 0 Å². The topological polar surface area (TPSA) is 68.2 Å². The van der Waals surface area contributed by atoms with Gasteiger partial charge in [-0.2, -0.15) is 0 Å². The van der Waals surface area contributed by atoms with E-state index in [0.29, 0.717) is 28.6 Å². The first kappa shape index (κ1) is 18.6. The number of esters is 1. The number of rotatable bonds is 5. The van der Waals surface area contributed by atoms with E-state index >= 15 is 0 Å². The highest BCUT2D eigenvalue weighted by Crippen LogP contribution is 2.40. The largest absolute Gasteiger partial charge is 0.460 e. The lowest BCUT2D eigenvalue weighted by molar-refractivity contribution is -0.141. The molecule has 1 amide bonds. The first-order chi connectivity index (χ1) is 12.5. The average Bonchev–Trinajstić information content (AvgIpc) is 2.61. The fraction of sp³-hybridized carbons (Fsp3) is 0.389. The number of aliphatic imine (C=N–C) groups is 1. The molecule has 0 spiro atoms. The second kappa shape index (κ2) is 8.01. The summed E-state index contributed by atoms with van der Waals surface area (Å²) < 4.78 is 23.6. The van der Waals surface area contributed by atoms with Crippen molar-refractivity contribution in [2.24, 2.45) is 4.99 Å². The molecule has 8 heteroatoms. The van der Waals surface area contributed by atoms with Crippen molar-refractivity contribution in [1.82, 2.24) is 4.90 Å². The molecule has 1 aromatic carbocycles. The van der Waals surface area contributed by atoms with Gasteiger partial charge in [-0.25, -0.2) is 14.2 Å². The number of ether oxygens (including phenoxy) is 2. The van der Waals surface area contributed by atoms with Crippen LogP contribution in [0.25, 0.3) is 0 Å². The molecule has 2 aliphatic rings. The van der Waals surface area contributed by atoms with E-state index in [1.165, 1.54) is 35.9 Å². The number of amides is 1. The lowest BCUT2D eigenvalue weighted by Crippen LogP contribution is -2.45. The van der Waals surface area contributed by atoms with Crippen molar-refractivity contribution in [3.05, 3.63) is 46.9 Å². The highest BCUT2D eigenvalue weighted by Gasteiger charge is 2.41. The molecule has 6 nitrogen and oxygen atoms in total. The third-order valence-electron chi connectivity index (χ3n) is 4.13. The van der Waals surface area contributed by atoms with Crippen LogP contribution in [0.1, 0.15) is 24.9 Å². The summed E-state index contributed by atoms with van der Waals surface area (Å²) >= 11 is 1.47. The highest BCUT2D eigenvalue weighted by molar-refractivity contribution is 8.14. The number of methoxy groups -OCH3 is 1. The number of thioether (sulfide) groups is 1. The molecule has 1 fully saturated rings. The number of nitrogens with zero attached hydrogens (tertiary/aromatic N) is 2. The minimum Gasteiger partial charge on any atom is -0.460 e. The van der Waals surface area contributed by atoms with Crippen molar-refractivity contribution in [3.8, 4) is 0 Å². The maximum Gasteiger partial charge on any atom is 0.338 e. The van der Waals surface area contributed by atoms with Crippen molar-refractivity contribution in [3.63, 3.8) is 0 Å². The minimum absolute atomic E-state index is 0.0987. The van der Waals surface area contributed by atoms with Gasteiger partial charge in [0, 0.05) is 19.3 Å². The van der Waals surface area contributed by atoms with Gasteiger partial charge in [0.05, 0.1) is 23.9 Å². The molecule has 0 N–H and O–H groups in total. The van der Waals surface area contributed by atoms with Crippen LogP contribution in [-0.2, 0) is 19.1 Å². The smallest absolute Gasteiger partial charge is 0.338 e. The van der Waals surface area contributed by atoms with Gasteiger partial charge in [-0.05, 0) is 24.6 Å². The zero-order valence-electron chi connectivity index (χ0n) is 14.5. The van der Waals surface area contributed by atoms with E-state index in [-0.39, 0.29) is 30.5 Å². The van der Waals surface area contributed by atoms with Crippen molar-refractivity contribution in [2.45, 2.75) is 19.4 Å². The number of amidine groups is 1. The van der Waals surface area contributed by atoms with Crippen molar-refractivity contribution in [1.29, 1.82) is 0 Å². The van der Waals surface area contributed by atoms with Crippen LogP contribution in [0.5, 0.6) is 0 Å². The molecule has 138 valence electrons. The molecule has 0 bridgehead atoms. The van der Waals surface area contributed by atoms with Crippen molar-refractivity contribution < 1.29 is 23.5 Å². The minimum atomic E-state index is -0.682. The predicted molar refractivity (Wildman–Crippen MR) is 96.0 cm³/mol. The molecule has 1 aromatic rings. The van der Waals surface area contributed by atoms with Crippen molar-refractivity contribution in [2.75, 3.05) is 26.1 Å². The van der Waals surface area contributed by atoms with Gasteiger partial charge in [-0.3, -0.25) is 9.69 Å². The van der Waals surface area contributed by atoms with Gasteiger partial charge in [0.2, 0.25) is 5.91 Å². The standard InChI is InChI=1S/C18H19FN2O4S/c1-11-15(17(23)25-9-8-24-2)16(12-3-5-13(19)6-4-12)21-14(22)7-10-26-18(21)20-11/h3-6,16H,7-10H2,1-2H3. The number of carbonyl (C=O) groups is 2. The molecular weight excluding hydrogens is 359 g/mol. The van der Waals surface area contributed by atoms with Crippen LogP contribution in [0.15, 0.2) is 40.5 Å². The summed E-state index contributed by atoms with van der Waals surface area (Å²) in [5, 5.41) is 0.557. The average molecular weight is 378 g/mol. The molecule has 2 aliphatic heterocycles. The van der Waals surface area contributed by atoms with E-state index in [2.05, 4.69) is 4.99 Å². The Morgan fingerprint density at radius 3 is 2.77 bits per heavy atom.